The molecule has 1 atom stereocenters. The predicted molar refractivity (Wildman–Crippen MR) is 170 cm³/mol. The Morgan fingerprint density at radius 1 is 0.745 bits per heavy atom. The number of carbonyl (C=O) groups is 7. The third-order valence-electron chi connectivity index (χ3n) is 7.52. The number of rotatable bonds is 15. The first-order valence-electron chi connectivity index (χ1n) is 15.7. The molecule has 4 rings (SSSR count). The molecule has 6 amide bonds. The number of hydrogen-bond acceptors (Lipinski definition) is 9. The summed E-state index contributed by atoms with van der Waals surface area (Å²) in [7, 11) is 0. The number of imide groups is 1. The number of amides is 6. The van der Waals surface area contributed by atoms with Gasteiger partial charge in [0.1, 0.15) is 13.0 Å². The highest BCUT2D eigenvalue weighted by Gasteiger charge is 2.35. The molecule has 0 saturated carbocycles. The van der Waals surface area contributed by atoms with Gasteiger partial charge in [-0.05, 0) is 65.8 Å². The summed E-state index contributed by atoms with van der Waals surface area (Å²) in [6.07, 6.45) is 0.608. The molecule has 0 spiro atoms. The molecular formula is C33H39N5O9. The normalized spacial score (nSPS) is 14.6. The lowest BCUT2D eigenvalue weighted by Crippen LogP contribution is -2.32. The molecule has 1 fully saturated rings. The Morgan fingerprint density at radius 2 is 1.28 bits per heavy atom. The summed E-state index contributed by atoms with van der Waals surface area (Å²) in [5.41, 5.74) is 3.90. The van der Waals surface area contributed by atoms with Gasteiger partial charge in [-0.2, -0.15) is 0 Å². The Kier molecular flexibility index (Phi) is 12.0. The maximum Gasteiger partial charge on any atom is 0.533 e. The van der Waals surface area contributed by atoms with E-state index in [0.29, 0.717) is 47.1 Å². The number of benzene rings is 2. The van der Waals surface area contributed by atoms with Crippen molar-refractivity contribution >= 4 is 53.0 Å². The summed E-state index contributed by atoms with van der Waals surface area (Å²) in [5, 5.41) is 11.4. The zero-order valence-corrected chi connectivity index (χ0v) is 26.4. The van der Waals surface area contributed by atoms with Crippen molar-refractivity contribution in [2.24, 2.45) is 0 Å². The van der Waals surface area contributed by atoms with Gasteiger partial charge in [0, 0.05) is 56.1 Å². The van der Waals surface area contributed by atoms with E-state index >= 15 is 0 Å². The van der Waals surface area contributed by atoms with Crippen LogP contribution in [0.5, 0.6) is 0 Å². The van der Waals surface area contributed by atoms with Crippen LogP contribution in [0.4, 0.5) is 16.2 Å². The second-order valence-electron chi connectivity index (χ2n) is 11.2. The SMILES string of the molecule is CCCNC(=O)CCCC(=O)Nc1ccc2c(c1)C(COC(=O)ON1C(=O)CCC1=O)c1cc(NC(=O)CC(=O)NCCC)ccc1-2. The Labute approximate surface area is 271 Å². The van der Waals surface area contributed by atoms with E-state index in [9.17, 15) is 33.6 Å². The Hall–Kier alpha value is -5.27. The highest BCUT2D eigenvalue weighted by Crippen LogP contribution is 2.47. The van der Waals surface area contributed by atoms with Crippen LogP contribution in [-0.2, 0) is 38.3 Å². The Morgan fingerprint density at radius 3 is 1.85 bits per heavy atom. The highest BCUT2D eigenvalue weighted by molar-refractivity contribution is 6.04. The predicted octanol–water partition coefficient (Wildman–Crippen LogP) is 3.51. The summed E-state index contributed by atoms with van der Waals surface area (Å²) in [4.78, 5) is 90.2. The number of carbonyl (C=O) groups excluding carboxylic acids is 7. The van der Waals surface area contributed by atoms with E-state index in [0.717, 1.165) is 24.0 Å². The monoisotopic (exact) mass is 649 g/mol. The number of anilines is 2. The quantitative estimate of drug-likeness (QED) is 0.127. The van der Waals surface area contributed by atoms with Crippen LogP contribution in [0, 0.1) is 0 Å². The van der Waals surface area contributed by atoms with E-state index in [1.807, 2.05) is 19.9 Å². The molecule has 0 aromatic heterocycles. The molecule has 14 nitrogen and oxygen atoms in total. The van der Waals surface area contributed by atoms with Crippen LogP contribution in [0.1, 0.15) is 82.3 Å². The summed E-state index contributed by atoms with van der Waals surface area (Å²) in [6, 6.07) is 10.5. The van der Waals surface area contributed by atoms with E-state index in [4.69, 9.17) is 9.57 Å². The van der Waals surface area contributed by atoms with Crippen LogP contribution in [0.25, 0.3) is 11.1 Å². The number of hydroxylamine groups is 2. The number of nitrogens with one attached hydrogen (secondary N) is 4. The van der Waals surface area contributed by atoms with E-state index in [2.05, 4.69) is 21.3 Å². The first-order valence-corrected chi connectivity index (χ1v) is 15.7. The van der Waals surface area contributed by atoms with Crippen molar-refractivity contribution in [1.29, 1.82) is 0 Å². The molecule has 1 saturated heterocycles. The maximum absolute atomic E-state index is 12.7. The van der Waals surface area contributed by atoms with Gasteiger partial charge in [0.25, 0.3) is 11.8 Å². The van der Waals surface area contributed by atoms with Gasteiger partial charge in [0.15, 0.2) is 0 Å². The van der Waals surface area contributed by atoms with E-state index in [1.165, 1.54) is 0 Å². The Bertz CT molecular complexity index is 1540. The van der Waals surface area contributed by atoms with Crippen molar-refractivity contribution in [3.8, 4) is 11.1 Å². The third kappa shape index (κ3) is 9.37. The van der Waals surface area contributed by atoms with E-state index < -0.39 is 35.7 Å². The lowest BCUT2D eigenvalue weighted by atomic mass is 9.97. The van der Waals surface area contributed by atoms with Crippen LogP contribution in [-0.4, -0.2) is 66.4 Å². The van der Waals surface area contributed by atoms with Gasteiger partial charge < -0.3 is 26.0 Å². The van der Waals surface area contributed by atoms with Gasteiger partial charge >= 0.3 is 6.16 Å². The van der Waals surface area contributed by atoms with Crippen molar-refractivity contribution in [3.05, 3.63) is 47.5 Å². The number of fused-ring (bicyclic) bond motifs is 3. The molecule has 1 aliphatic carbocycles. The second kappa shape index (κ2) is 16.3. The van der Waals surface area contributed by atoms with Gasteiger partial charge in [-0.15, -0.1) is 0 Å². The van der Waals surface area contributed by atoms with Crippen molar-refractivity contribution < 1.29 is 43.1 Å². The van der Waals surface area contributed by atoms with Gasteiger partial charge in [-0.3, -0.25) is 33.6 Å². The molecule has 0 bridgehead atoms. The average Bonchev–Trinajstić information content (AvgIpc) is 3.51. The Balaban J connectivity index is 1.49. The minimum Gasteiger partial charge on any atom is -0.432 e. The number of ether oxygens (including phenoxy) is 1. The molecule has 2 aliphatic rings. The van der Waals surface area contributed by atoms with Crippen LogP contribution in [0.15, 0.2) is 36.4 Å². The number of nitrogens with zero attached hydrogens (tertiary/aromatic N) is 1. The van der Waals surface area contributed by atoms with Crippen LogP contribution >= 0.6 is 0 Å². The van der Waals surface area contributed by atoms with Crippen LogP contribution in [0.3, 0.4) is 0 Å². The first kappa shape index (κ1) is 34.6. The van der Waals surface area contributed by atoms with Crippen molar-refractivity contribution in [3.63, 3.8) is 0 Å². The van der Waals surface area contributed by atoms with Gasteiger partial charge in [-0.25, -0.2) is 4.79 Å². The molecule has 1 unspecified atom stereocenters. The van der Waals surface area contributed by atoms with Gasteiger partial charge in [0.05, 0.1) is 0 Å². The molecule has 0 radical (unpaired) electrons. The van der Waals surface area contributed by atoms with Crippen molar-refractivity contribution in [2.45, 2.75) is 71.1 Å². The van der Waals surface area contributed by atoms with Crippen molar-refractivity contribution in [2.75, 3.05) is 30.3 Å². The molecule has 1 aliphatic heterocycles. The molecule has 2 aromatic rings. The topological polar surface area (TPSA) is 189 Å². The van der Waals surface area contributed by atoms with E-state index in [1.54, 1.807) is 30.3 Å². The fourth-order valence-electron chi connectivity index (χ4n) is 5.27. The average molecular weight is 650 g/mol. The molecule has 1 heterocycles. The standard InChI is InChI=1S/C33H39N5O9/c1-3-14-34-27(39)6-5-7-28(40)36-20-8-10-22-23-11-9-21(37-30(42)18-29(41)35-15-4-2)17-25(23)26(24(22)16-20)19-46-33(45)47-38-31(43)12-13-32(38)44/h8-11,16-17,26H,3-7,12-15,18-19H2,1-2H3,(H,34,39)(H,35,41)(H,36,40)(H,37,42). The second-order valence-corrected chi connectivity index (χ2v) is 11.2. The molecule has 47 heavy (non-hydrogen) atoms. The van der Waals surface area contributed by atoms with E-state index in [-0.39, 0.29) is 50.5 Å². The molecule has 2 aromatic carbocycles. The zero-order chi connectivity index (χ0) is 33.9. The molecular weight excluding hydrogens is 610 g/mol. The van der Waals surface area contributed by atoms with Gasteiger partial charge in [-0.1, -0.05) is 31.0 Å². The largest absolute Gasteiger partial charge is 0.533 e. The first-order chi connectivity index (χ1) is 22.6. The molecule has 250 valence electrons. The third-order valence-corrected chi connectivity index (χ3v) is 7.52. The molecule has 14 heteroatoms. The summed E-state index contributed by atoms with van der Waals surface area (Å²) in [5.74, 6) is -3.15. The minimum atomic E-state index is -1.24. The summed E-state index contributed by atoms with van der Waals surface area (Å²) >= 11 is 0. The van der Waals surface area contributed by atoms with Crippen molar-refractivity contribution in [1.82, 2.24) is 15.7 Å². The van der Waals surface area contributed by atoms with Crippen LogP contribution < -0.4 is 21.3 Å². The smallest absolute Gasteiger partial charge is 0.432 e. The number of hydrogen-bond donors (Lipinski definition) is 4. The molecule has 4 N–H and O–H groups in total. The lowest BCUT2D eigenvalue weighted by molar-refractivity contribution is -0.177. The highest BCUT2D eigenvalue weighted by atomic mass is 16.8. The van der Waals surface area contributed by atoms with Gasteiger partial charge in [0.2, 0.25) is 23.6 Å². The fourth-order valence-corrected chi connectivity index (χ4v) is 5.27. The minimum absolute atomic E-state index is 0.0647. The summed E-state index contributed by atoms with van der Waals surface area (Å²) in [6.45, 7) is 4.66. The lowest BCUT2D eigenvalue weighted by Gasteiger charge is -2.17. The summed E-state index contributed by atoms with van der Waals surface area (Å²) < 4.78 is 5.36. The van der Waals surface area contributed by atoms with Crippen LogP contribution in [0.2, 0.25) is 0 Å². The fraction of sp³-hybridized carbons (Fsp3) is 0.424. The maximum atomic E-state index is 12.7. The zero-order valence-electron chi connectivity index (χ0n) is 26.4.